The van der Waals surface area contributed by atoms with Gasteiger partial charge in [-0.05, 0) is 49.1 Å². The molecule has 1 saturated carbocycles. The van der Waals surface area contributed by atoms with E-state index >= 15 is 0 Å². The predicted octanol–water partition coefficient (Wildman–Crippen LogP) is 5.74. The van der Waals surface area contributed by atoms with Crippen molar-refractivity contribution in [3.05, 3.63) is 75.1 Å². The number of piperidine rings is 1. The lowest BCUT2D eigenvalue weighted by atomic mass is 9.66. The van der Waals surface area contributed by atoms with Gasteiger partial charge in [0, 0.05) is 35.0 Å². The molecule has 196 valence electrons. The molecule has 2 heterocycles. The fourth-order valence-electron chi connectivity index (χ4n) is 5.73. The first kappa shape index (κ1) is 25.6. The summed E-state index contributed by atoms with van der Waals surface area (Å²) in [6, 6.07) is 10.9. The highest BCUT2D eigenvalue weighted by molar-refractivity contribution is 6.30. The molecule has 0 bridgehead atoms. The van der Waals surface area contributed by atoms with Crippen LogP contribution in [-0.4, -0.2) is 34.7 Å². The molecule has 3 aromatic rings. The van der Waals surface area contributed by atoms with Crippen LogP contribution in [0.2, 0.25) is 5.02 Å². The number of aliphatic hydroxyl groups is 1. The Morgan fingerprint density at radius 1 is 1.14 bits per heavy atom. The molecule has 6 nitrogen and oxygen atoms in total. The Morgan fingerprint density at radius 3 is 2.62 bits per heavy atom. The zero-order valence-electron chi connectivity index (χ0n) is 19.8. The maximum absolute atomic E-state index is 13.4. The van der Waals surface area contributed by atoms with E-state index in [1.54, 1.807) is 17.0 Å². The lowest BCUT2D eigenvalue weighted by Crippen LogP contribution is -2.56. The molecule has 2 aliphatic rings. The van der Waals surface area contributed by atoms with E-state index in [4.69, 9.17) is 20.8 Å². The van der Waals surface area contributed by atoms with Crippen molar-refractivity contribution in [2.45, 2.75) is 49.9 Å². The van der Waals surface area contributed by atoms with Gasteiger partial charge in [-0.3, -0.25) is 4.79 Å². The van der Waals surface area contributed by atoms with E-state index in [1.165, 1.54) is 12.1 Å². The van der Waals surface area contributed by atoms with E-state index < -0.39 is 23.0 Å². The molecule has 3 atom stereocenters. The summed E-state index contributed by atoms with van der Waals surface area (Å²) in [4.78, 5) is 26.8. The first-order chi connectivity index (χ1) is 17.5. The molecule has 0 radical (unpaired) electrons. The van der Waals surface area contributed by atoms with E-state index in [0.29, 0.717) is 30.5 Å². The van der Waals surface area contributed by atoms with Gasteiger partial charge in [0.05, 0.1) is 17.2 Å². The van der Waals surface area contributed by atoms with E-state index in [9.17, 15) is 27.9 Å². The van der Waals surface area contributed by atoms with Crippen molar-refractivity contribution in [3.8, 4) is 5.75 Å². The lowest BCUT2D eigenvalue weighted by molar-refractivity contribution is -0.157. The number of benzene rings is 2. The van der Waals surface area contributed by atoms with Crippen molar-refractivity contribution in [2.75, 3.05) is 13.2 Å². The first-order valence-corrected chi connectivity index (χ1v) is 12.5. The summed E-state index contributed by atoms with van der Waals surface area (Å²) in [5.74, 6) is -0.369. The Balaban J connectivity index is 1.39. The first-order valence-electron chi connectivity index (χ1n) is 12.1. The Morgan fingerprint density at radius 2 is 1.89 bits per heavy atom. The molecule has 1 aromatic heterocycles. The summed E-state index contributed by atoms with van der Waals surface area (Å²) in [5.41, 5.74) is -2.50. The second-order valence-electron chi connectivity index (χ2n) is 9.71. The summed E-state index contributed by atoms with van der Waals surface area (Å²) in [5, 5.41) is 11.7. The van der Waals surface area contributed by atoms with Crippen LogP contribution in [0.5, 0.6) is 5.75 Å². The number of fused-ring (bicyclic) bond motifs is 2. The van der Waals surface area contributed by atoms with Crippen LogP contribution in [0, 0.1) is 5.92 Å². The number of amides is 1. The van der Waals surface area contributed by atoms with Crippen LogP contribution in [0.3, 0.4) is 0 Å². The molecule has 1 aliphatic carbocycles. The van der Waals surface area contributed by atoms with Gasteiger partial charge in [-0.25, -0.2) is 4.79 Å². The van der Waals surface area contributed by atoms with Crippen molar-refractivity contribution >= 4 is 28.5 Å². The number of nitrogens with zero attached hydrogens (tertiary/aromatic N) is 1. The number of likely N-dealkylation sites (tertiary alicyclic amines) is 1. The standard InChI is InChI=1S/C27H25ClF3NO5/c28-17-6-4-16(5-7-17)25-20-3-1-2-10-26(20,35)11-12-32(25)23(33)15-36-18-8-9-19-21(27(29,30)31)14-24(34)37-22(19)13-18/h4-9,13-14,20,25,35H,1-3,10-12,15H2/t20-,25-,26-/m0/s1. The van der Waals surface area contributed by atoms with Gasteiger partial charge < -0.3 is 19.2 Å². The van der Waals surface area contributed by atoms with Crippen molar-refractivity contribution in [3.63, 3.8) is 0 Å². The second kappa shape index (κ2) is 9.68. The Bertz CT molecular complexity index is 1370. The summed E-state index contributed by atoms with van der Waals surface area (Å²) >= 11 is 6.08. The van der Waals surface area contributed by atoms with Crippen LogP contribution < -0.4 is 10.4 Å². The molecule has 37 heavy (non-hydrogen) atoms. The fraction of sp³-hybridized carbons (Fsp3) is 0.407. The number of halogens is 4. The number of carbonyl (C=O) groups is 1. The van der Waals surface area contributed by atoms with E-state index in [0.717, 1.165) is 30.9 Å². The van der Waals surface area contributed by atoms with Gasteiger partial charge in [0.25, 0.3) is 5.91 Å². The van der Waals surface area contributed by atoms with Gasteiger partial charge >= 0.3 is 11.8 Å². The second-order valence-corrected chi connectivity index (χ2v) is 10.1. The third-order valence-corrected chi connectivity index (χ3v) is 7.74. The molecular weight excluding hydrogens is 511 g/mol. The third-order valence-electron chi connectivity index (χ3n) is 7.48. The van der Waals surface area contributed by atoms with Crippen LogP contribution in [0.15, 0.2) is 57.7 Å². The minimum atomic E-state index is -4.72. The molecule has 2 fully saturated rings. The van der Waals surface area contributed by atoms with Gasteiger partial charge in [0.15, 0.2) is 6.61 Å². The largest absolute Gasteiger partial charge is 0.484 e. The topological polar surface area (TPSA) is 80.0 Å². The molecule has 0 spiro atoms. The van der Waals surface area contributed by atoms with E-state index in [2.05, 4.69) is 0 Å². The average Bonchev–Trinajstić information content (AvgIpc) is 2.85. The minimum absolute atomic E-state index is 0.0950. The van der Waals surface area contributed by atoms with Crippen LogP contribution in [0.4, 0.5) is 13.2 Å². The van der Waals surface area contributed by atoms with Crippen LogP contribution in [0.1, 0.15) is 49.3 Å². The van der Waals surface area contributed by atoms with Crippen LogP contribution >= 0.6 is 11.6 Å². The van der Waals surface area contributed by atoms with Gasteiger partial charge in [-0.1, -0.05) is 36.6 Å². The number of hydrogen-bond donors (Lipinski definition) is 1. The SMILES string of the molecule is O=C(COc1ccc2c(C(F)(F)F)cc(=O)oc2c1)N1CC[C@@]2(O)CCCC[C@H]2[C@@H]1c1ccc(Cl)cc1. The Hall–Kier alpha value is -3.04. The normalized spacial score (nSPS) is 24.1. The molecule has 1 aliphatic heterocycles. The van der Waals surface area contributed by atoms with Crippen molar-refractivity contribution in [1.82, 2.24) is 4.90 Å². The van der Waals surface area contributed by atoms with Crippen LogP contribution in [0.25, 0.3) is 11.0 Å². The molecule has 10 heteroatoms. The molecule has 1 N–H and O–H groups in total. The van der Waals surface area contributed by atoms with Gasteiger partial charge in [0.2, 0.25) is 0 Å². The van der Waals surface area contributed by atoms with Crippen LogP contribution in [-0.2, 0) is 11.0 Å². The highest BCUT2D eigenvalue weighted by Gasteiger charge is 2.50. The summed E-state index contributed by atoms with van der Waals surface area (Å²) in [6.07, 6.45) is -0.918. The monoisotopic (exact) mass is 535 g/mol. The maximum atomic E-state index is 13.4. The summed E-state index contributed by atoms with van der Waals surface area (Å²) < 4.78 is 50.5. The fourth-order valence-corrected chi connectivity index (χ4v) is 5.86. The minimum Gasteiger partial charge on any atom is -0.484 e. The maximum Gasteiger partial charge on any atom is 0.417 e. The predicted molar refractivity (Wildman–Crippen MR) is 130 cm³/mol. The number of ether oxygens (including phenoxy) is 1. The number of hydrogen-bond acceptors (Lipinski definition) is 5. The van der Waals surface area contributed by atoms with E-state index in [1.807, 2.05) is 12.1 Å². The van der Waals surface area contributed by atoms with Gasteiger partial charge in [-0.15, -0.1) is 0 Å². The molecule has 5 rings (SSSR count). The summed E-state index contributed by atoms with van der Waals surface area (Å²) in [7, 11) is 0. The van der Waals surface area contributed by atoms with Crippen molar-refractivity contribution in [2.24, 2.45) is 5.92 Å². The molecular formula is C27H25ClF3NO5. The molecule has 0 unspecified atom stereocenters. The van der Waals surface area contributed by atoms with Crippen molar-refractivity contribution in [1.29, 1.82) is 0 Å². The molecule has 1 saturated heterocycles. The van der Waals surface area contributed by atoms with Gasteiger partial charge in [-0.2, -0.15) is 13.2 Å². The number of alkyl halides is 3. The highest BCUT2D eigenvalue weighted by Crippen LogP contribution is 2.49. The third kappa shape index (κ3) is 5.07. The highest BCUT2D eigenvalue weighted by atomic mass is 35.5. The van der Waals surface area contributed by atoms with Gasteiger partial charge in [0.1, 0.15) is 11.3 Å². The molecule has 2 aromatic carbocycles. The quantitative estimate of drug-likeness (QED) is 0.431. The number of carbonyl (C=O) groups excluding carboxylic acids is 1. The zero-order chi connectivity index (χ0) is 26.4. The zero-order valence-corrected chi connectivity index (χ0v) is 20.5. The van der Waals surface area contributed by atoms with Crippen molar-refractivity contribution < 1.29 is 32.2 Å². The Labute approximate surface area is 215 Å². The smallest absolute Gasteiger partial charge is 0.417 e. The Kier molecular flexibility index (Phi) is 6.70. The summed E-state index contributed by atoms with van der Waals surface area (Å²) in [6.45, 7) is -0.0338. The average molecular weight is 536 g/mol. The number of rotatable bonds is 4. The van der Waals surface area contributed by atoms with E-state index in [-0.39, 0.29) is 41.2 Å². The molecule has 1 amide bonds. The lowest BCUT2D eigenvalue weighted by Gasteiger charge is -2.52.